The zero-order chi connectivity index (χ0) is 13.8. The maximum absolute atomic E-state index is 5.56. The highest BCUT2D eigenvalue weighted by Gasteiger charge is 2.28. The van der Waals surface area contributed by atoms with Crippen molar-refractivity contribution in [1.82, 2.24) is 15.3 Å². The Labute approximate surface area is 110 Å². The van der Waals surface area contributed by atoms with Crippen molar-refractivity contribution in [2.45, 2.75) is 46.8 Å². The largest absolute Gasteiger partial charge is 0.373 e. The third-order valence-electron chi connectivity index (χ3n) is 2.93. The molecular formula is C14H25N3O. The summed E-state index contributed by atoms with van der Waals surface area (Å²) in [6.07, 6.45) is 2.74. The quantitative estimate of drug-likeness (QED) is 0.873. The smallest absolute Gasteiger partial charge is 0.157 e. The topological polar surface area (TPSA) is 47.0 Å². The number of hydrogen-bond donors (Lipinski definition) is 1. The molecule has 18 heavy (non-hydrogen) atoms. The van der Waals surface area contributed by atoms with E-state index in [0.29, 0.717) is 0 Å². The summed E-state index contributed by atoms with van der Waals surface area (Å²) in [4.78, 5) is 9.14. The highest BCUT2D eigenvalue weighted by Crippen LogP contribution is 2.33. The number of nitrogens with one attached hydrogen (secondary N) is 1. The van der Waals surface area contributed by atoms with Gasteiger partial charge in [-0.1, -0.05) is 27.7 Å². The average Bonchev–Trinajstić information content (AvgIpc) is 2.30. The summed E-state index contributed by atoms with van der Waals surface area (Å²) < 4.78 is 5.56. The monoisotopic (exact) mass is 251 g/mol. The van der Waals surface area contributed by atoms with E-state index in [1.54, 1.807) is 7.11 Å². The first-order valence-corrected chi connectivity index (χ1v) is 6.46. The molecule has 0 fully saturated rings. The van der Waals surface area contributed by atoms with Gasteiger partial charge in [-0.3, -0.25) is 0 Å². The molecule has 4 nitrogen and oxygen atoms in total. The fourth-order valence-corrected chi connectivity index (χ4v) is 2.07. The van der Waals surface area contributed by atoms with Crippen molar-refractivity contribution in [3.05, 3.63) is 23.3 Å². The SMILES string of the molecule is CCc1nc(C(OC)C(C)(C)C)ncc1CNC. The third kappa shape index (κ3) is 3.50. The molecular weight excluding hydrogens is 226 g/mol. The van der Waals surface area contributed by atoms with Crippen LogP contribution in [0.2, 0.25) is 0 Å². The minimum Gasteiger partial charge on any atom is -0.373 e. The van der Waals surface area contributed by atoms with Crippen molar-refractivity contribution in [3.63, 3.8) is 0 Å². The second-order valence-corrected chi connectivity index (χ2v) is 5.57. The van der Waals surface area contributed by atoms with Crippen molar-refractivity contribution in [2.24, 2.45) is 5.41 Å². The minimum atomic E-state index is -0.0774. The summed E-state index contributed by atoms with van der Waals surface area (Å²) in [7, 11) is 3.65. The van der Waals surface area contributed by atoms with E-state index in [0.717, 1.165) is 30.0 Å². The van der Waals surface area contributed by atoms with Crippen LogP contribution in [0.1, 0.15) is 50.9 Å². The summed E-state index contributed by atoms with van der Waals surface area (Å²) >= 11 is 0. The Kier molecular flexibility index (Phi) is 5.23. The lowest BCUT2D eigenvalue weighted by Gasteiger charge is -2.28. The van der Waals surface area contributed by atoms with Crippen LogP contribution in [0.4, 0.5) is 0 Å². The first-order valence-electron chi connectivity index (χ1n) is 6.46. The molecule has 0 radical (unpaired) electrons. The van der Waals surface area contributed by atoms with Crippen LogP contribution < -0.4 is 5.32 Å². The lowest BCUT2D eigenvalue weighted by atomic mass is 9.88. The van der Waals surface area contributed by atoms with Gasteiger partial charge in [-0.05, 0) is 18.9 Å². The molecule has 0 amide bonds. The zero-order valence-corrected chi connectivity index (χ0v) is 12.4. The van der Waals surface area contributed by atoms with Gasteiger partial charge in [-0.25, -0.2) is 9.97 Å². The van der Waals surface area contributed by atoms with Gasteiger partial charge in [0.1, 0.15) is 6.10 Å². The number of hydrogen-bond acceptors (Lipinski definition) is 4. The molecule has 0 spiro atoms. The number of nitrogens with zero attached hydrogens (tertiary/aromatic N) is 2. The molecule has 0 saturated heterocycles. The normalized spacial score (nSPS) is 13.7. The molecule has 1 aromatic rings. The Morgan fingerprint density at radius 3 is 2.50 bits per heavy atom. The molecule has 0 aliphatic heterocycles. The molecule has 4 heteroatoms. The fourth-order valence-electron chi connectivity index (χ4n) is 2.07. The van der Waals surface area contributed by atoms with Gasteiger partial charge in [0.05, 0.1) is 0 Å². The Morgan fingerprint density at radius 1 is 1.39 bits per heavy atom. The molecule has 0 aliphatic carbocycles. The minimum absolute atomic E-state index is 0.00964. The van der Waals surface area contributed by atoms with Crippen LogP contribution in [0, 0.1) is 5.41 Å². The van der Waals surface area contributed by atoms with Crippen LogP contribution >= 0.6 is 0 Å². The molecule has 102 valence electrons. The average molecular weight is 251 g/mol. The van der Waals surface area contributed by atoms with Gasteiger partial charge >= 0.3 is 0 Å². The Balaban J connectivity index is 3.11. The van der Waals surface area contributed by atoms with Crippen molar-refractivity contribution in [2.75, 3.05) is 14.2 Å². The van der Waals surface area contributed by atoms with Crippen LogP contribution in [0.3, 0.4) is 0 Å². The van der Waals surface area contributed by atoms with Crippen LogP contribution in [-0.4, -0.2) is 24.1 Å². The van der Waals surface area contributed by atoms with E-state index in [1.807, 2.05) is 13.2 Å². The van der Waals surface area contributed by atoms with Crippen LogP contribution in [0.25, 0.3) is 0 Å². The Hall–Kier alpha value is -1.00. The molecule has 1 unspecified atom stereocenters. The zero-order valence-electron chi connectivity index (χ0n) is 12.4. The van der Waals surface area contributed by atoms with Crippen molar-refractivity contribution in [3.8, 4) is 0 Å². The third-order valence-corrected chi connectivity index (χ3v) is 2.93. The van der Waals surface area contributed by atoms with Crippen LogP contribution in [0.15, 0.2) is 6.20 Å². The first-order chi connectivity index (χ1) is 8.43. The molecule has 1 atom stereocenters. The van der Waals surface area contributed by atoms with Gasteiger partial charge in [0, 0.05) is 31.1 Å². The second-order valence-electron chi connectivity index (χ2n) is 5.57. The highest BCUT2D eigenvalue weighted by atomic mass is 16.5. The molecule has 1 aromatic heterocycles. The number of aromatic nitrogens is 2. The predicted octanol–water partition coefficient (Wildman–Crippen LogP) is 2.49. The molecule has 1 N–H and O–H groups in total. The maximum Gasteiger partial charge on any atom is 0.157 e. The highest BCUT2D eigenvalue weighted by molar-refractivity contribution is 5.18. The first kappa shape index (κ1) is 15.1. The number of rotatable bonds is 5. The maximum atomic E-state index is 5.56. The Bertz CT molecular complexity index is 385. The molecule has 1 rings (SSSR count). The van der Waals surface area contributed by atoms with Crippen molar-refractivity contribution >= 4 is 0 Å². The van der Waals surface area contributed by atoms with Crippen molar-refractivity contribution < 1.29 is 4.74 Å². The summed E-state index contributed by atoms with van der Waals surface area (Å²) in [6.45, 7) is 9.33. The number of aryl methyl sites for hydroxylation is 1. The van der Waals surface area contributed by atoms with E-state index in [4.69, 9.17) is 4.74 Å². The van der Waals surface area contributed by atoms with E-state index < -0.39 is 0 Å². The fraction of sp³-hybridized carbons (Fsp3) is 0.714. The number of ether oxygens (including phenoxy) is 1. The second kappa shape index (κ2) is 6.25. The van der Waals surface area contributed by atoms with Gasteiger partial charge in [0.2, 0.25) is 0 Å². The Morgan fingerprint density at radius 2 is 2.06 bits per heavy atom. The van der Waals surface area contributed by atoms with E-state index in [-0.39, 0.29) is 11.5 Å². The lowest BCUT2D eigenvalue weighted by Crippen LogP contribution is -2.23. The molecule has 0 saturated carbocycles. The van der Waals surface area contributed by atoms with Gasteiger partial charge in [0.25, 0.3) is 0 Å². The molecule has 0 bridgehead atoms. The van der Waals surface area contributed by atoms with E-state index >= 15 is 0 Å². The van der Waals surface area contributed by atoms with Crippen LogP contribution in [0.5, 0.6) is 0 Å². The van der Waals surface area contributed by atoms with E-state index in [1.165, 1.54) is 0 Å². The van der Waals surface area contributed by atoms with Gasteiger partial charge in [-0.2, -0.15) is 0 Å². The summed E-state index contributed by atoms with van der Waals surface area (Å²) in [5.41, 5.74) is 2.25. The molecule has 1 heterocycles. The van der Waals surface area contributed by atoms with Gasteiger partial charge < -0.3 is 10.1 Å². The van der Waals surface area contributed by atoms with E-state index in [2.05, 4.69) is 43.0 Å². The number of methoxy groups -OCH3 is 1. The summed E-state index contributed by atoms with van der Waals surface area (Å²) in [5, 5.41) is 3.14. The summed E-state index contributed by atoms with van der Waals surface area (Å²) in [6, 6.07) is 0. The lowest BCUT2D eigenvalue weighted by molar-refractivity contribution is 0.00846. The van der Waals surface area contributed by atoms with E-state index in [9.17, 15) is 0 Å². The molecule has 0 aromatic carbocycles. The van der Waals surface area contributed by atoms with Crippen molar-refractivity contribution in [1.29, 1.82) is 0 Å². The molecule has 0 aliphatic rings. The van der Waals surface area contributed by atoms with Gasteiger partial charge in [-0.15, -0.1) is 0 Å². The van der Waals surface area contributed by atoms with Crippen LogP contribution in [-0.2, 0) is 17.7 Å². The van der Waals surface area contributed by atoms with Gasteiger partial charge in [0.15, 0.2) is 5.82 Å². The standard InChI is InChI=1S/C14H25N3O/c1-7-11-10(8-15-5)9-16-13(17-11)12(18-6)14(2,3)4/h9,12,15H,7-8H2,1-6H3. The predicted molar refractivity (Wildman–Crippen MR) is 73.4 cm³/mol. The summed E-state index contributed by atoms with van der Waals surface area (Å²) in [5.74, 6) is 0.779.